The molecule has 6 nitrogen and oxygen atoms in total. The number of hydrogen-bond donors (Lipinski definition) is 3. The van der Waals surface area contributed by atoms with Crippen LogP contribution >= 0.6 is 24.8 Å². The van der Waals surface area contributed by atoms with Crippen LogP contribution in [0.2, 0.25) is 0 Å². The summed E-state index contributed by atoms with van der Waals surface area (Å²) in [6, 6.07) is 7.50. The van der Waals surface area contributed by atoms with E-state index in [4.69, 9.17) is 9.47 Å². The number of halogens is 2. The molecule has 8 heteroatoms. The third-order valence-electron chi connectivity index (χ3n) is 2.65. The smallest absolute Gasteiger partial charge is 0.239 e. The van der Waals surface area contributed by atoms with E-state index in [2.05, 4.69) is 16.0 Å². The molecule has 1 aromatic carbocycles. The molecule has 0 saturated carbocycles. The molecule has 0 aliphatic carbocycles. The average Bonchev–Trinajstić information content (AvgIpc) is 2.49. The summed E-state index contributed by atoms with van der Waals surface area (Å²) < 4.78 is 10.1. The van der Waals surface area contributed by atoms with Crippen LogP contribution in [-0.2, 0) is 9.53 Å². The Balaban J connectivity index is 0. The number of ether oxygens (including phenoxy) is 2. The average molecular weight is 354 g/mol. The quantitative estimate of drug-likeness (QED) is 0.553. The number of carbonyl (C=O) groups excluding carboxylic acids is 1. The van der Waals surface area contributed by atoms with E-state index in [1.807, 2.05) is 24.3 Å². The zero-order valence-electron chi connectivity index (χ0n) is 12.9. The number of anilines is 1. The minimum atomic E-state index is -0.0514. The Bertz CT molecular complexity index is 409. The van der Waals surface area contributed by atoms with Crippen LogP contribution in [0.1, 0.15) is 0 Å². The fraction of sp³-hybridized carbons (Fsp3) is 0.500. The van der Waals surface area contributed by atoms with Crippen LogP contribution in [0, 0.1) is 0 Å². The normalized spacial score (nSPS) is 9.18. The summed E-state index contributed by atoms with van der Waals surface area (Å²) >= 11 is 0. The van der Waals surface area contributed by atoms with Crippen molar-refractivity contribution in [3.8, 4) is 5.75 Å². The molecule has 0 aromatic heterocycles. The Labute approximate surface area is 144 Å². The number of amides is 1. The standard InChI is InChI=1S/C14H23N3O3.2ClH/c1-19-10-9-15-7-8-16-14(18)11-17-12-5-3-4-6-13(12)20-2;;/h3-6,15,17H,7-11H2,1-2H3,(H,16,18);2*1H. The van der Waals surface area contributed by atoms with E-state index in [0.717, 1.165) is 24.5 Å². The first-order chi connectivity index (χ1) is 9.77. The summed E-state index contributed by atoms with van der Waals surface area (Å²) in [5.74, 6) is 0.672. The highest BCUT2D eigenvalue weighted by Gasteiger charge is 2.04. The lowest BCUT2D eigenvalue weighted by molar-refractivity contribution is -0.119. The van der Waals surface area contributed by atoms with Gasteiger partial charge in [-0.2, -0.15) is 0 Å². The molecule has 3 N–H and O–H groups in total. The lowest BCUT2D eigenvalue weighted by atomic mass is 10.3. The molecule has 0 heterocycles. The number of nitrogens with one attached hydrogen (secondary N) is 3. The van der Waals surface area contributed by atoms with Crippen LogP contribution in [0.15, 0.2) is 24.3 Å². The van der Waals surface area contributed by atoms with Crippen molar-refractivity contribution in [1.29, 1.82) is 0 Å². The molecule has 0 atom stereocenters. The van der Waals surface area contributed by atoms with Crippen LogP contribution in [0.4, 0.5) is 5.69 Å². The number of methoxy groups -OCH3 is 2. The second kappa shape index (κ2) is 14.7. The van der Waals surface area contributed by atoms with Crippen molar-refractivity contribution in [2.75, 3.05) is 52.3 Å². The number of benzene rings is 1. The summed E-state index contributed by atoms with van der Waals surface area (Å²) in [6.07, 6.45) is 0. The van der Waals surface area contributed by atoms with E-state index in [1.165, 1.54) is 0 Å². The Morgan fingerprint density at radius 1 is 1.09 bits per heavy atom. The molecule has 0 unspecified atom stereocenters. The van der Waals surface area contributed by atoms with Crippen LogP contribution in [-0.4, -0.2) is 52.9 Å². The van der Waals surface area contributed by atoms with Gasteiger partial charge < -0.3 is 25.4 Å². The maximum absolute atomic E-state index is 11.6. The van der Waals surface area contributed by atoms with Crippen LogP contribution in [0.5, 0.6) is 5.75 Å². The van der Waals surface area contributed by atoms with Gasteiger partial charge in [-0.15, -0.1) is 24.8 Å². The zero-order chi connectivity index (χ0) is 14.6. The van der Waals surface area contributed by atoms with Gasteiger partial charge in [-0.3, -0.25) is 4.79 Å². The highest BCUT2D eigenvalue weighted by atomic mass is 35.5. The van der Waals surface area contributed by atoms with E-state index < -0.39 is 0 Å². The van der Waals surface area contributed by atoms with E-state index in [0.29, 0.717) is 13.2 Å². The van der Waals surface area contributed by atoms with Gasteiger partial charge in [0.25, 0.3) is 0 Å². The van der Waals surface area contributed by atoms with Crippen LogP contribution in [0.25, 0.3) is 0 Å². The Hall–Kier alpha value is -1.21. The molecule has 1 rings (SSSR count). The number of carbonyl (C=O) groups is 1. The number of hydrogen-bond acceptors (Lipinski definition) is 5. The zero-order valence-corrected chi connectivity index (χ0v) is 14.5. The summed E-state index contributed by atoms with van der Waals surface area (Å²) in [5.41, 5.74) is 0.809. The first-order valence-electron chi connectivity index (χ1n) is 6.61. The van der Waals surface area contributed by atoms with Crippen molar-refractivity contribution in [3.05, 3.63) is 24.3 Å². The van der Waals surface area contributed by atoms with Crippen molar-refractivity contribution in [3.63, 3.8) is 0 Å². The molecule has 0 spiro atoms. The highest BCUT2D eigenvalue weighted by Crippen LogP contribution is 2.22. The second-order valence-electron chi connectivity index (χ2n) is 4.15. The van der Waals surface area contributed by atoms with Crippen molar-refractivity contribution in [1.82, 2.24) is 10.6 Å². The molecule has 0 fully saturated rings. The largest absolute Gasteiger partial charge is 0.495 e. The topological polar surface area (TPSA) is 71.6 Å². The van der Waals surface area contributed by atoms with E-state index >= 15 is 0 Å². The molecule has 0 aliphatic heterocycles. The van der Waals surface area contributed by atoms with Gasteiger partial charge in [0.1, 0.15) is 5.75 Å². The highest BCUT2D eigenvalue weighted by molar-refractivity contribution is 5.85. The van der Waals surface area contributed by atoms with E-state index in [9.17, 15) is 4.79 Å². The maximum Gasteiger partial charge on any atom is 0.239 e. The van der Waals surface area contributed by atoms with Gasteiger partial charge >= 0.3 is 0 Å². The maximum atomic E-state index is 11.6. The van der Waals surface area contributed by atoms with Gasteiger partial charge in [0, 0.05) is 26.7 Å². The molecular formula is C14H25Cl2N3O3. The monoisotopic (exact) mass is 353 g/mol. The SMILES string of the molecule is COCCNCCNC(=O)CNc1ccccc1OC.Cl.Cl. The van der Waals surface area contributed by atoms with Crippen LogP contribution in [0.3, 0.4) is 0 Å². The molecule has 0 bridgehead atoms. The number of rotatable bonds is 10. The molecule has 0 saturated heterocycles. The summed E-state index contributed by atoms with van der Waals surface area (Å²) in [7, 11) is 3.26. The third kappa shape index (κ3) is 9.68. The van der Waals surface area contributed by atoms with Crippen LogP contribution < -0.4 is 20.7 Å². The first-order valence-corrected chi connectivity index (χ1v) is 6.61. The summed E-state index contributed by atoms with van der Waals surface area (Å²) in [4.78, 5) is 11.6. The van der Waals surface area contributed by atoms with Gasteiger partial charge in [-0.05, 0) is 12.1 Å². The molecule has 0 radical (unpaired) electrons. The van der Waals surface area contributed by atoms with Crippen molar-refractivity contribution in [2.45, 2.75) is 0 Å². The summed E-state index contributed by atoms with van der Waals surface area (Å²) in [6.45, 7) is 2.99. The Kier molecular flexibility index (Phi) is 15.4. The fourth-order valence-corrected chi connectivity index (χ4v) is 1.62. The Morgan fingerprint density at radius 3 is 2.50 bits per heavy atom. The predicted octanol–water partition coefficient (Wildman–Crippen LogP) is 1.30. The van der Waals surface area contributed by atoms with Gasteiger partial charge in [-0.25, -0.2) is 0 Å². The van der Waals surface area contributed by atoms with Crippen molar-refractivity contribution >= 4 is 36.4 Å². The minimum Gasteiger partial charge on any atom is -0.495 e. The molecule has 1 aromatic rings. The summed E-state index contributed by atoms with van der Waals surface area (Å²) in [5, 5.41) is 9.02. The number of para-hydroxylation sites is 2. The molecule has 22 heavy (non-hydrogen) atoms. The lowest BCUT2D eigenvalue weighted by Gasteiger charge is -2.11. The third-order valence-corrected chi connectivity index (χ3v) is 2.65. The van der Waals surface area contributed by atoms with E-state index in [1.54, 1.807) is 14.2 Å². The molecule has 0 aliphatic rings. The van der Waals surface area contributed by atoms with Crippen molar-refractivity contribution < 1.29 is 14.3 Å². The van der Waals surface area contributed by atoms with Gasteiger partial charge in [-0.1, -0.05) is 12.1 Å². The minimum absolute atomic E-state index is 0. The molecule has 1 amide bonds. The first kappa shape index (κ1) is 23.1. The second-order valence-corrected chi connectivity index (χ2v) is 4.15. The Morgan fingerprint density at radius 2 is 1.82 bits per heavy atom. The van der Waals surface area contributed by atoms with Gasteiger partial charge in [0.2, 0.25) is 5.91 Å². The van der Waals surface area contributed by atoms with Crippen molar-refractivity contribution in [2.24, 2.45) is 0 Å². The van der Waals surface area contributed by atoms with Gasteiger partial charge in [0.05, 0.1) is 25.9 Å². The molecule has 128 valence electrons. The van der Waals surface area contributed by atoms with E-state index in [-0.39, 0.29) is 37.3 Å². The lowest BCUT2D eigenvalue weighted by Crippen LogP contribution is -2.36. The fourth-order valence-electron chi connectivity index (χ4n) is 1.62. The molecular weight excluding hydrogens is 329 g/mol. The van der Waals surface area contributed by atoms with Gasteiger partial charge in [0.15, 0.2) is 0 Å². The predicted molar refractivity (Wildman–Crippen MR) is 93.7 cm³/mol.